The van der Waals surface area contributed by atoms with E-state index < -0.39 is 12.2 Å². The van der Waals surface area contributed by atoms with E-state index in [4.69, 9.17) is 0 Å². The highest BCUT2D eigenvalue weighted by Crippen LogP contribution is 2.39. The third kappa shape index (κ3) is 5.08. The van der Waals surface area contributed by atoms with Gasteiger partial charge in [0, 0.05) is 37.3 Å². The van der Waals surface area contributed by atoms with Crippen molar-refractivity contribution in [2.75, 3.05) is 44.4 Å². The van der Waals surface area contributed by atoms with Crippen LogP contribution in [0.5, 0.6) is 0 Å². The van der Waals surface area contributed by atoms with Gasteiger partial charge in [-0.2, -0.15) is 0 Å². The molecular formula is C26H31F2N3O2. The van der Waals surface area contributed by atoms with E-state index in [1.807, 2.05) is 30.3 Å². The monoisotopic (exact) mass is 455 g/mol. The highest BCUT2D eigenvalue weighted by Gasteiger charge is 2.53. The maximum atomic E-state index is 13.4. The summed E-state index contributed by atoms with van der Waals surface area (Å²) in [7, 11) is 0. The number of hydrogen-bond acceptors (Lipinski definition) is 4. The molecule has 4 rings (SSSR count). The molecule has 2 aliphatic rings. The Kier molecular flexibility index (Phi) is 7.38. The minimum Gasteiger partial charge on any atom is -0.339 e. The Morgan fingerprint density at radius 3 is 2.30 bits per heavy atom. The number of nitrogens with zero attached hydrogens (tertiary/aromatic N) is 3. The molecule has 176 valence electrons. The highest BCUT2D eigenvalue weighted by atomic mass is 19.1. The van der Waals surface area contributed by atoms with Gasteiger partial charge in [0.25, 0.3) is 0 Å². The first-order valence-corrected chi connectivity index (χ1v) is 11.7. The largest absolute Gasteiger partial charge is 0.339 e. The summed E-state index contributed by atoms with van der Waals surface area (Å²) in [6, 6.07) is 15.7. The lowest BCUT2D eigenvalue weighted by atomic mass is 9.85. The number of likely N-dealkylation sites (tertiary alicyclic amines) is 1. The Morgan fingerprint density at radius 1 is 0.939 bits per heavy atom. The molecule has 2 heterocycles. The quantitative estimate of drug-likeness (QED) is 0.529. The van der Waals surface area contributed by atoms with E-state index in [-0.39, 0.29) is 17.5 Å². The first-order chi connectivity index (χ1) is 16.0. The fourth-order valence-corrected chi connectivity index (χ4v) is 5.01. The molecule has 0 radical (unpaired) electrons. The van der Waals surface area contributed by atoms with Gasteiger partial charge in [-0.25, -0.2) is 4.39 Å². The Morgan fingerprint density at radius 2 is 1.64 bits per heavy atom. The lowest BCUT2D eigenvalue weighted by Gasteiger charge is -2.43. The molecule has 1 amide bonds. The lowest BCUT2D eigenvalue weighted by Crippen LogP contribution is -2.56. The first kappa shape index (κ1) is 23.4. The summed E-state index contributed by atoms with van der Waals surface area (Å²) in [6.45, 7) is 2.85. The predicted octanol–water partition coefficient (Wildman–Crippen LogP) is 4.29. The molecule has 2 aromatic carbocycles. The smallest absolute Gasteiger partial charge is 0.250 e. The molecule has 0 bridgehead atoms. The zero-order valence-corrected chi connectivity index (χ0v) is 18.9. The van der Waals surface area contributed by atoms with Crippen molar-refractivity contribution in [1.82, 2.24) is 9.80 Å². The van der Waals surface area contributed by atoms with Gasteiger partial charge in [0.1, 0.15) is 11.4 Å². The zero-order chi connectivity index (χ0) is 23.3. The van der Waals surface area contributed by atoms with Crippen LogP contribution < -0.4 is 4.90 Å². The molecule has 33 heavy (non-hydrogen) atoms. The van der Waals surface area contributed by atoms with Crippen molar-refractivity contribution in [3.05, 3.63) is 66.0 Å². The summed E-state index contributed by atoms with van der Waals surface area (Å²) in [4.78, 5) is 32.1. The molecule has 0 unspecified atom stereocenters. The van der Waals surface area contributed by atoms with E-state index in [1.165, 1.54) is 24.3 Å². The Hall–Kier alpha value is -2.80. The summed E-state index contributed by atoms with van der Waals surface area (Å²) in [5.41, 5.74) is 0.974. The molecule has 0 saturated carbocycles. The van der Waals surface area contributed by atoms with Crippen LogP contribution in [0, 0.1) is 5.82 Å². The van der Waals surface area contributed by atoms with Crippen LogP contribution >= 0.6 is 0 Å². The average molecular weight is 456 g/mol. The fourth-order valence-electron chi connectivity index (χ4n) is 5.01. The summed E-state index contributed by atoms with van der Waals surface area (Å²) >= 11 is 0. The molecule has 0 atom stereocenters. The molecule has 0 aliphatic carbocycles. The van der Waals surface area contributed by atoms with Crippen LogP contribution in [0.2, 0.25) is 0 Å². The molecule has 2 saturated heterocycles. The minimum atomic E-state index is -0.585. The average Bonchev–Trinajstić information content (AvgIpc) is 3.11. The normalized spacial score (nSPS) is 18.3. The molecule has 0 N–H and O–H groups in total. The van der Waals surface area contributed by atoms with Gasteiger partial charge in [-0.1, -0.05) is 18.2 Å². The number of amides is 1. The van der Waals surface area contributed by atoms with Crippen molar-refractivity contribution < 1.29 is 18.4 Å². The van der Waals surface area contributed by atoms with Gasteiger partial charge in [0.05, 0.1) is 13.3 Å². The predicted molar refractivity (Wildman–Crippen MR) is 124 cm³/mol. The summed E-state index contributed by atoms with van der Waals surface area (Å²) in [6.07, 6.45) is 2.91. The minimum absolute atomic E-state index is 0.0215. The van der Waals surface area contributed by atoms with Gasteiger partial charge in [-0.3, -0.25) is 14.0 Å². The van der Waals surface area contributed by atoms with E-state index in [9.17, 15) is 18.4 Å². The summed E-state index contributed by atoms with van der Waals surface area (Å²) < 4.78 is 25.8. The molecule has 7 heteroatoms. The Balaban J connectivity index is 1.36. The van der Waals surface area contributed by atoms with Crippen LogP contribution in [-0.2, 0) is 4.79 Å². The molecular weight excluding hydrogens is 424 g/mol. The summed E-state index contributed by atoms with van der Waals surface area (Å²) in [5.74, 6) is -0.220. The number of ketones is 1. The van der Waals surface area contributed by atoms with Gasteiger partial charge in [-0.15, -0.1) is 0 Å². The van der Waals surface area contributed by atoms with Gasteiger partial charge in [-0.05, 0) is 68.6 Å². The third-order valence-electron chi connectivity index (χ3n) is 6.87. The number of carbonyl (C=O) groups excluding carboxylic acids is 2. The number of alkyl halides is 1. The molecule has 5 nitrogen and oxygen atoms in total. The second-order valence-corrected chi connectivity index (χ2v) is 8.92. The van der Waals surface area contributed by atoms with Crippen molar-refractivity contribution in [2.24, 2.45) is 0 Å². The first-order valence-electron chi connectivity index (χ1n) is 11.7. The SMILES string of the molecule is O=C(CCCN1CCC2(CC1)C(=O)N(CCCF)CN2c1ccccc1)c1ccc(F)cc1. The van der Waals surface area contributed by atoms with E-state index in [0.29, 0.717) is 44.5 Å². The van der Waals surface area contributed by atoms with Crippen LogP contribution in [-0.4, -0.2) is 66.6 Å². The Bertz CT molecular complexity index is 944. The van der Waals surface area contributed by atoms with Crippen molar-refractivity contribution in [3.63, 3.8) is 0 Å². The summed E-state index contributed by atoms with van der Waals surface area (Å²) in [5, 5.41) is 0. The number of halogens is 2. The number of hydrogen-bond donors (Lipinski definition) is 0. The zero-order valence-electron chi connectivity index (χ0n) is 18.9. The number of benzene rings is 2. The second kappa shape index (κ2) is 10.4. The second-order valence-electron chi connectivity index (χ2n) is 8.92. The van der Waals surface area contributed by atoms with Gasteiger partial charge >= 0.3 is 0 Å². The lowest BCUT2D eigenvalue weighted by molar-refractivity contribution is -0.133. The van der Waals surface area contributed by atoms with Crippen molar-refractivity contribution in [2.45, 2.75) is 37.6 Å². The molecule has 2 aliphatic heterocycles. The van der Waals surface area contributed by atoms with Gasteiger partial charge in [0.15, 0.2) is 5.78 Å². The van der Waals surface area contributed by atoms with E-state index in [1.54, 1.807) is 4.90 Å². The number of Topliss-reactive ketones (excluding diaryl/α,β-unsaturated/α-hetero) is 1. The van der Waals surface area contributed by atoms with Crippen LogP contribution in [0.25, 0.3) is 0 Å². The van der Waals surface area contributed by atoms with Crippen LogP contribution in [0.15, 0.2) is 54.6 Å². The maximum absolute atomic E-state index is 13.4. The van der Waals surface area contributed by atoms with Crippen molar-refractivity contribution in [1.29, 1.82) is 0 Å². The van der Waals surface area contributed by atoms with E-state index >= 15 is 0 Å². The van der Waals surface area contributed by atoms with Crippen LogP contribution in [0.1, 0.15) is 42.5 Å². The van der Waals surface area contributed by atoms with E-state index in [2.05, 4.69) is 9.80 Å². The standard InChI is InChI=1S/C26H31F2N3O2/c27-15-5-17-30-20-31(23-6-2-1-3-7-23)26(25(30)33)13-18-29(19-14-26)16-4-8-24(32)21-9-11-22(28)12-10-21/h1-3,6-7,9-12H,4-5,8,13-20H2. The number of piperidine rings is 1. The number of anilines is 1. The fraction of sp³-hybridized carbons (Fsp3) is 0.462. The number of para-hydroxylation sites is 1. The van der Waals surface area contributed by atoms with Gasteiger partial charge in [0.2, 0.25) is 5.91 Å². The highest BCUT2D eigenvalue weighted by molar-refractivity contribution is 5.96. The topological polar surface area (TPSA) is 43.9 Å². The number of rotatable bonds is 9. The third-order valence-corrected chi connectivity index (χ3v) is 6.87. The number of carbonyl (C=O) groups is 2. The maximum Gasteiger partial charge on any atom is 0.250 e. The molecule has 0 aromatic heterocycles. The van der Waals surface area contributed by atoms with Crippen molar-refractivity contribution >= 4 is 17.4 Å². The van der Waals surface area contributed by atoms with Crippen molar-refractivity contribution in [3.8, 4) is 0 Å². The molecule has 2 aromatic rings. The molecule has 1 spiro atoms. The van der Waals surface area contributed by atoms with Crippen LogP contribution in [0.3, 0.4) is 0 Å². The van der Waals surface area contributed by atoms with Crippen LogP contribution in [0.4, 0.5) is 14.5 Å². The Labute approximate surface area is 194 Å². The van der Waals surface area contributed by atoms with Gasteiger partial charge < -0.3 is 14.7 Å². The molecule has 2 fully saturated rings. The van der Waals surface area contributed by atoms with E-state index in [0.717, 1.165) is 31.7 Å².